The molecule has 0 unspecified atom stereocenters. The van der Waals surface area contributed by atoms with Crippen molar-refractivity contribution in [3.8, 4) is 5.75 Å². The molecule has 4 heteroatoms. The van der Waals surface area contributed by atoms with Gasteiger partial charge in [0.15, 0.2) is 0 Å². The molecule has 16 heavy (non-hydrogen) atoms. The van der Waals surface area contributed by atoms with E-state index in [0.717, 1.165) is 0 Å². The van der Waals surface area contributed by atoms with Crippen LogP contribution in [-0.2, 0) is 0 Å². The van der Waals surface area contributed by atoms with E-state index in [9.17, 15) is 4.79 Å². The van der Waals surface area contributed by atoms with Crippen LogP contribution in [0.5, 0.6) is 5.75 Å². The Hall–Kier alpha value is -1.84. The number of rotatable bonds is 4. The van der Waals surface area contributed by atoms with Crippen molar-refractivity contribution in [2.45, 2.75) is 13.8 Å². The first-order chi connectivity index (χ1) is 7.63. The quantitative estimate of drug-likeness (QED) is 0.623. The largest absolute Gasteiger partial charge is 0.497 e. The Kier molecular flexibility index (Phi) is 4.51. The first-order valence-corrected chi connectivity index (χ1v) is 5.11. The summed E-state index contributed by atoms with van der Waals surface area (Å²) in [5.74, 6) is 0.724. The monoisotopic (exact) mass is 220 g/mol. The second kappa shape index (κ2) is 5.90. The van der Waals surface area contributed by atoms with E-state index in [1.807, 2.05) is 13.8 Å². The van der Waals surface area contributed by atoms with Crippen LogP contribution in [0.15, 0.2) is 29.4 Å². The van der Waals surface area contributed by atoms with Gasteiger partial charge in [-0.15, -0.1) is 0 Å². The molecule has 86 valence electrons. The third-order valence-corrected chi connectivity index (χ3v) is 1.87. The second-order valence-corrected chi connectivity index (χ2v) is 3.70. The fraction of sp³-hybridized carbons (Fsp3) is 0.333. The van der Waals surface area contributed by atoms with Crippen LogP contribution in [0.25, 0.3) is 0 Å². The van der Waals surface area contributed by atoms with E-state index >= 15 is 0 Å². The molecule has 0 spiro atoms. The predicted octanol–water partition coefficient (Wildman–Crippen LogP) is 2.07. The molecule has 1 aromatic rings. The van der Waals surface area contributed by atoms with Crippen LogP contribution in [0.3, 0.4) is 0 Å². The molecular weight excluding hydrogens is 204 g/mol. The Morgan fingerprint density at radius 3 is 2.88 bits per heavy atom. The SMILES string of the molecule is COc1cccc(C(=O)N/N=C/C(C)C)c1. The van der Waals surface area contributed by atoms with Gasteiger partial charge in [-0.2, -0.15) is 5.10 Å². The maximum absolute atomic E-state index is 11.6. The number of benzene rings is 1. The summed E-state index contributed by atoms with van der Waals surface area (Å²) < 4.78 is 5.03. The van der Waals surface area contributed by atoms with Crippen LogP contribution in [-0.4, -0.2) is 19.2 Å². The number of hydrogen-bond acceptors (Lipinski definition) is 3. The van der Waals surface area contributed by atoms with Gasteiger partial charge in [0.25, 0.3) is 5.91 Å². The first-order valence-electron chi connectivity index (χ1n) is 5.11. The maximum Gasteiger partial charge on any atom is 0.271 e. The van der Waals surface area contributed by atoms with E-state index < -0.39 is 0 Å². The van der Waals surface area contributed by atoms with Gasteiger partial charge in [0.1, 0.15) is 5.75 Å². The van der Waals surface area contributed by atoms with Crippen LogP contribution < -0.4 is 10.2 Å². The van der Waals surface area contributed by atoms with E-state index in [2.05, 4.69) is 10.5 Å². The zero-order chi connectivity index (χ0) is 12.0. The van der Waals surface area contributed by atoms with Crippen molar-refractivity contribution in [2.75, 3.05) is 7.11 Å². The normalized spacial score (nSPS) is 10.8. The number of hydrogen-bond donors (Lipinski definition) is 1. The highest BCUT2D eigenvalue weighted by Gasteiger charge is 2.04. The topological polar surface area (TPSA) is 50.7 Å². The molecule has 0 aromatic heterocycles. The standard InChI is InChI=1S/C12H16N2O2/c1-9(2)8-13-14-12(15)10-5-4-6-11(7-10)16-3/h4-9H,1-3H3,(H,14,15)/b13-8+. The number of ether oxygens (including phenoxy) is 1. The maximum atomic E-state index is 11.6. The van der Waals surface area contributed by atoms with E-state index in [4.69, 9.17) is 4.74 Å². The number of carbonyl (C=O) groups excluding carboxylic acids is 1. The molecule has 1 amide bonds. The van der Waals surface area contributed by atoms with E-state index in [1.54, 1.807) is 37.6 Å². The summed E-state index contributed by atoms with van der Waals surface area (Å²) in [5, 5.41) is 3.84. The van der Waals surface area contributed by atoms with Crippen molar-refractivity contribution >= 4 is 12.1 Å². The predicted molar refractivity (Wildman–Crippen MR) is 63.8 cm³/mol. The lowest BCUT2D eigenvalue weighted by atomic mass is 10.2. The van der Waals surface area contributed by atoms with Crippen molar-refractivity contribution in [3.05, 3.63) is 29.8 Å². The number of carbonyl (C=O) groups is 1. The van der Waals surface area contributed by atoms with Gasteiger partial charge in [0.2, 0.25) is 0 Å². The molecule has 1 rings (SSSR count). The zero-order valence-electron chi connectivity index (χ0n) is 9.73. The van der Waals surface area contributed by atoms with Gasteiger partial charge in [0.05, 0.1) is 7.11 Å². The summed E-state index contributed by atoms with van der Waals surface area (Å²) in [6.07, 6.45) is 1.68. The minimum atomic E-state index is -0.240. The molecule has 0 aliphatic rings. The first kappa shape index (κ1) is 12.2. The molecule has 0 bridgehead atoms. The smallest absolute Gasteiger partial charge is 0.271 e. The number of nitrogens with zero attached hydrogens (tertiary/aromatic N) is 1. The third kappa shape index (κ3) is 3.73. The number of methoxy groups -OCH3 is 1. The third-order valence-electron chi connectivity index (χ3n) is 1.87. The Morgan fingerprint density at radius 1 is 1.50 bits per heavy atom. The molecule has 0 aliphatic heterocycles. The molecule has 0 aliphatic carbocycles. The summed E-state index contributed by atoms with van der Waals surface area (Å²) in [4.78, 5) is 11.6. The Labute approximate surface area is 95.3 Å². The Morgan fingerprint density at radius 2 is 2.25 bits per heavy atom. The number of nitrogens with one attached hydrogen (secondary N) is 1. The molecule has 1 aromatic carbocycles. The molecule has 0 fully saturated rings. The highest BCUT2D eigenvalue weighted by atomic mass is 16.5. The van der Waals surface area contributed by atoms with Gasteiger partial charge < -0.3 is 4.74 Å². The van der Waals surface area contributed by atoms with Crippen LogP contribution in [0.2, 0.25) is 0 Å². The van der Waals surface area contributed by atoms with Crippen molar-refractivity contribution in [1.82, 2.24) is 5.43 Å². The molecule has 0 atom stereocenters. The van der Waals surface area contributed by atoms with Crippen molar-refractivity contribution in [3.63, 3.8) is 0 Å². The summed E-state index contributed by atoms with van der Waals surface area (Å²) in [5.41, 5.74) is 2.98. The van der Waals surface area contributed by atoms with Crippen molar-refractivity contribution < 1.29 is 9.53 Å². The van der Waals surface area contributed by atoms with Gasteiger partial charge in [-0.1, -0.05) is 19.9 Å². The summed E-state index contributed by atoms with van der Waals surface area (Å²) in [7, 11) is 1.56. The molecule has 1 N–H and O–H groups in total. The van der Waals surface area contributed by atoms with E-state index in [-0.39, 0.29) is 5.91 Å². The van der Waals surface area contributed by atoms with Crippen molar-refractivity contribution in [2.24, 2.45) is 11.0 Å². The van der Waals surface area contributed by atoms with Crippen LogP contribution >= 0.6 is 0 Å². The lowest BCUT2D eigenvalue weighted by Gasteiger charge is -2.03. The Balaban J connectivity index is 2.65. The van der Waals surface area contributed by atoms with E-state index in [0.29, 0.717) is 17.2 Å². The van der Waals surface area contributed by atoms with Gasteiger partial charge >= 0.3 is 0 Å². The summed E-state index contributed by atoms with van der Waals surface area (Å²) >= 11 is 0. The lowest BCUT2D eigenvalue weighted by Crippen LogP contribution is -2.17. The zero-order valence-corrected chi connectivity index (χ0v) is 9.73. The van der Waals surface area contributed by atoms with Crippen LogP contribution in [0.4, 0.5) is 0 Å². The molecule has 0 saturated carbocycles. The minimum Gasteiger partial charge on any atom is -0.497 e. The molecular formula is C12H16N2O2. The Bertz CT molecular complexity index is 386. The van der Waals surface area contributed by atoms with Crippen LogP contribution in [0, 0.1) is 5.92 Å². The highest BCUT2D eigenvalue weighted by Crippen LogP contribution is 2.12. The fourth-order valence-corrected chi connectivity index (χ4v) is 1.07. The van der Waals surface area contributed by atoms with Gasteiger partial charge in [-0.3, -0.25) is 4.79 Å². The van der Waals surface area contributed by atoms with Gasteiger partial charge in [-0.05, 0) is 24.1 Å². The van der Waals surface area contributed by atoms with E-state index in [1.165, 1.54) is 0 Å². The summed E-state index contributed by atoms with van der Waals surface area (Å²) in [6.45, 7) is 3.97. The summed E-state index contributed by atoms with van der Waals surface area (Å²) in [6, 6.07) is 6.93. The lowest BCUT2D eigenvalue weighted by molar-refractivity contribution is 0.0954. The average molecular weight is 220 g/mol. The minimum absolute atomic E-state index is 0.240. The number of hydrazone groups is 1. The number of amides is 1. The molecule has 0 heterocycles. The molecule has 0 saturated heterocycles. The second-order valence-electron chi connectivity index (χ2n) is 3.70. The highest BCUT2D eigenvalue weighted by molar-refractivity contribution is 5.94. The fourth-order valence-electron chi connectivity index (χ4n) is 1.07. The average Bonchev–Trinajstić information content (AvgIpc) is 2.28. The van der Waals surface area contributed by atoms with Gasteiger partial charge in [-0.25, -0.2) is 5.43 Å². The van der Waals surface area contributed by atoms with Gasteiger partial charge in [0, 0.05) is 11.8 Å². The molecule has 0 radical (unpaired) electrons. The van der Waals surface area contributed by atoms with Crippen molar-refractivity contribution in [1.29, 1.82) is 0 Å². The molecule has 4 nitrogen and oxygen atoms in total. The van der Waals surface area contributed by atoms with Crippen LogP contribution in [0.1, 0.15) is 24.2 Å².